The summed E-state index contributed by atoms with van der Waals surface area (Å²) in [6.07, 6.45) is 1.85. The van der Waals surface area contributed by atoms with Crippen molar-refractivity contribution < 1.29 is 28.5 Å². The molecule has 0 aromatic heterocycles. The summed E-state index contributed by atoms with van der Waals surface area (Å²) in [5, 5.41) is 2.91. The van der Waals surface area contributed by atoms with E-state index in [1.54, 1.807) is 35.2 Å². The van der Waals surface area contributed by atoms with Crippen molar-refractivity contribution in [1.82, 2.24) is 0 Å². The number of hydrogen-bond acceptors (Lipinski definition) is 6. The van der Waals surface area contributed by atoms with Gasteiger partial charge in [-0.25, -0.2) is 0 Å². The second-order valence-electron chi connectivity index (χ2n) is 7.42. The third-order valence-electron chi connectivity index (χ3n) is 5.07. The fourth-order valence-corrected chi connectivity index (χ4v) is 3.56. The van der Waals surface area contributed by atoms with Crippen LogP contribution < -0.4 is 29.2 Å². The average molecular weight is 457 g/mol. The van der Waals surface area contributed by atoms with E-state index in [-0.39, 0.29) is 18.4 Å². The number of hydrogen-bond donors (Lipinski definition) is 1. The van der Waals surface area contributed by atoms with Gasteiger partial charge in [0.1, 0.15) is 5.75 Å². The van der Waals surface area contributed by atoms with Gasteiger partial charge in [0.05, 0.1) is 25.5 Å². The minimum absolute atomic E-state index is 0.0228. The summed E-state index contributed by atoms with van der Waals surface area (Å²) in [5.74, 6) is 1.59. The number of rotatable bonds is 11. The summed E-state index contributed by atoms with van der Waals surface area (Å²) >= 11 is 0. The zero-order chi connectivity index (χ0) is 23.8. The summed E-state index contributed by atoms with van der Waals surface area (Å²) in [7, 11) is 0. The van der Waals surface area contributed by atoms with E-state index in [9.17, 15) is 9.59 Å². The van der Waals surface area contributed by atoms with Crippen LogP contribution in [0, 0.1) is 0 Å². The van der Waals surface area contributed by atoms with Crippen LogP contribution in [0.5, 0.6) is 23.0 Å². The molecular formula is C25H32N2O6. The highest BCUT2D eigenvalue weighted by Gasteiger charge is 2.26. The summed E-state index contributed by atoms with van der Waals surface area (Å²) in [4.78, 5) is 27.2. The first-order valence-corrected chi connectivity index (χ1v) is 11.5. The highest BCUT2D eigenvalue weighted by atomic mass is 16.5. The maximum Gasteiger partial charge on any atom is 0.265 e. The van der Waals surface area contributed by atoms with Gasteiger partial charge in [0.15, 0.2) is 18.1 Å². The quantitative estimate of drug-likeness (QED) is 0.529. The number of nitrogens with zero attached hydrogens (tertiary/aromatic N) is 1. The Morgan fingerprint density at radius 1 is 1.00 bits per heavy atom. The summed E-state index contributed by atoms with van der Waals surface area (Å²) in [6.45, 7) is 9.59. The molecule has 8 heteroatoms. The largest absolute Gasteiger partial charge is 0.490 e. The van der Waals surface area contributed by atoms with Gasteiger partial charge >= 0.3 is 0 Å². The molecular weight excluding hydrogens is 424 g/mol. The van der Waals surface area contributed by atoms with Crippen LogP contribution in [0.4, 0.5) is 11.4 Å². The van der Waals surface area contributed by atoms with E-state index in [1.165, 1.54) is 0 Å². The first-order valence-electron chi connectivity index (χ1n) is 11.5. The van der Waals surface area contributed by atoms with Gasteiger partial charge in [0.2, 0.25) is 5.75 Å². The lowest BCUT2D eigenvalue weighted by molar-refractivity contribution is -0.121. The zero-order valence-corrected chi connectivity index (χ0v) is 19.7. The standard InChI is InChI=1S/C25H32N2O6/c1-5-9-12-27-19-15-18(10-11-20(19)33-16-23(27)28)26-25(29)17-13-21(30-6-2)24(32-8-4)22(14-17)31-7-3/h10-11,13-15H,5-9,12,16H2,1-4H3,(H,26,29). The molecule has 0 saturated heterocycles. The van der Waals surface area contributed by atoms with Gasteiger partial charge < -0.3 is 29.2 Å². The number of ether oxygens (including phenoxy) is 4. The van der Waals surface area contributed by atoms with Gasteiger partial charge in [-0.05, 0) is 57.5 Å². The fourth-order valence-electron chi connectivity index (χ4n) is 3.56. The van der Waals surface area contributed by atoms with E-state index in [0.29, 0.717) is 66.3 Å². The number of carbonyl (C=O) groups excluding carboxylic acids is 2. The highest BCUT2D eigenvalue weighted by Crippen LogP contribution is 2.40. The van der Waals surface area contributed by atoms with Crippen LogP contribution >= 0.6 is 0 Å². The molecule has 0 radical (unpaired) electrons. The summed E-state index contributed by atoms with van der Waals surface area (Å²) in [6, 6.07) is 8.58. The summed E-state index contributed by atoms with van der Waals surface area (Å²) in [5.41, 5.74) is 1.59. The number of benzene rings is 2. The Hall–Kier alpha value is -3.42. The van der Waals surface area contributed by atoms with Crippen LogP contribution in [0.3, 0.4) is 0 Å². The molecule has 0 fully saturated rings. The number of nitrogens with one attached hydrogen (secondary N) is 1. The second kappa shape index (κ2) is 11.4. The molecule has 3 rings (SSSR count). The van der Waals surface area contributed by atoms with E-state index in [4.69, 9.17) is 18.9 Å². The molecule has 8 nitrogen and oxygen atoms in total. The number of anilines is 2. The minimum atomic E-state index is -0.330. The Bertz CT molecular complexity index is 964. The third-order valence-corrected chi connectivity index (χ3v) is 5.07. The normalized spacial score (nSPS) is 12.6. The van der Waals surface area contributed by atoms with Crippen LogP contribution in [0.1, 0.15) is 50.9 Å². The van der Waals surface area contributed by atoms with Crippen molar-refractivity contribution in [3.05, 3.63) is 35.9 Å². The van der Waals surface area contributed by atoms with Crippen molar-refractivity contribution in [2.75, 3.05) is 43.2 Å². The first-order chi connectivity index (χ1) is 16.0. The molecule has 0 saturated carbocycles. The number of fused-ring (bicyclic) bond motifs is 1. The van der Waals surface area contributed by atoms with Crippen LogP contribution in [0.25, 0.3) is 0 Å². The minimum Gasteiger partial charge on any atom is -0.490 e. The van der Waals surface area contributed by atoms with Crippen molar-refractivity contribution in [1.29, 1.82) is 0 Å². The van der Waals surface area contributed by atoms with Crippen molar-refractivity contribution >= 4 is 23.2 Å². The van der Waals surface area contributed by atoms with Gasteiger partial charge in [-0.1, -0.05) is 13.3 Å². The summed E-state index contributed by atoms with van der Waals surface area (Å²) < 4.78 is 22.7. The van der Waals surface area contributed by atoms with Gasteiger partial charge in [-0.2, -0.15) is 0 Å². The number of unbranched alkanes of at least 4 members (excludes halogenated alkanes) is 1. The molecule has 2 aromatic rings. The molecule has 178 valence electrons. The fraction of sp³-hybridized carbons (Fsp3) is 0.440. The third kappa shape index (κ3) is 5.69. The molecule has 1 N–H and O–H groups in total. The van der Waals surface area contributed by atoms with Crippen molar-refractivity contribution in [3.8, 4) is 23.0 Å². The average Bonchev–Trinajstić information content (AvgIpc) is 2.80. The van der Waals surface area contributed by atoms with Crippen LogP contribution in [-0.2, 0) is 4.79 Å². The smallest absolute Gasteiger partial charge is 0.265 e. The highest BCUT2D eigenvalue weighted by molar-refractivity contribution is 6.06. The van der Waals surface area contributed by atoms with E-state index in [2.05, 4.69) is 12.2 Å². The Morgan fingerprint density at radius 2 is 1.67 bits per heavy atom. The van der Waals surface area contributed by atoms with Gasteiger partial charge in [-0.15, -0.1) is 0 Å². The Labute approximate surface area is 194 Å². The van der Waals surface area contributed by atoms with E-state index in [0.717, 1.165) is 12.8 Å². The van der Waals surface area contributed by atoms with Gasteiger partial charge in [0.25, 0.3) is 11.8 Å². The molecule has 2 aromatic carbocycles. The molecule has 0 unspecified atom stereocenters. The zero-order valence-electron chi connectivity index (χ0n) is 19.7. The Morgan fingerprint density at radius 3 is 2.27 bits per heavy atom. The Kier molecular flexibility index (Phi) is 8.40. The predicted molar refractivity (Wildman–Crippen MR) is 127 cm³/mol. The number of amides is 2. The van der Waals surface area contributed by atoms with Gasteiger partial charge in [0, 0.05) is 17.8 Å². The molecule has 0 bridgehead atoms. The molecule has 1 heterocycles. The SMILES string of the molecule is CCCCN1C(=O)COc2ccc(NC(=O)c3cc(OCC)c(OCC)c(OCC)c3)cc21. The maximum absolute atomic E-state index is 13.1. The van der Waals surface area contributed by atoms with Gasteiger partial charge in [-0.3, -0.25) is 9.59 Å². The van der Waals surface area contributed by atoms with Crippen molar-refractivity contribution in [2.45, 2.75) is 40.5 Å². The molecule has 0 spiro atoms. The Balaban J connectivity index is 1.89. The van der Waals surface area contributed by atoms with Crippen LogP contribution in [-0.4, -0.2) is 44.8 Å². The predicted octanol–water partition coefficient (Wildman–Crippen LogP) is 4.66. The first kappa shape index (κ1) is 24.2. The molecule has 33 heavy (non-hydrogen) atoms. The second-order valence-corrected chi connectivity index (χ2v) is 7.42. The maximum atomic E-state index is 13.1. The molecule has 0 atom stereocenters. The lowest BCUT2D eigenvalue weighted by Gasteiger charge is -2.29. The van der Waals surface area contributed by atoms with Crippen LogP contribution in [0.15, 0.2) is 30.3 Å². The van der Waals surface area contributed by atoms with E-state index >= 15 is 0 Å². The molecule has 0 aliphatic carbocycles. The molecule has 1 aliphatic heterocycles. The lowest BCUT2D eigenvalue weighted by Crippen LogP contribution is -2.39. The van der Waals surface area contributed by atoms with Crippen LogP contribution in [0.2, 0.25) is 0 Å². The van der Waals surface area contributed by atoms with E-state index < -0.39 is 0 Å². The van der Waals surface area contributed by atoms with Crippen molar-refractivity contribution in [3.63, 3.8) is 0 Å². The lowest BCUT2D eigenvalue weighted by atomic mass is 10.1. The molecule has 1 aliphatic rings. The monoisotopic (exact) mass is 456 g/mol. The van der Waals surface area contributed by atoms with Crippen molar-refractivity contribution in [2.24, 2.45) is 0 Å². The molecule has 2 amide bonds. The number of carbonyl (C=O) groups is 2. The van der Waals surface area contributed by atoms with E-state index in [1.807, 2.05) is 20.8 Å². The topological polar surface area (TPSA) is 86.3 Å².